The van der Waals surface area contributed by atoms with E-state index in [4.69, 9.17) is 21.1 Å². The van der Waals surface area contributed by atoms with Gasteiger partial charge in [0.1, 0.15) is 5.75 Å². The first-order valence-corrected chi connectivity index (χ1v) is 7.90. The molecule has 1 aromatic rings. The van der Waals surface area contributed by atoms with Crippen LogP contribution in [0.3, 0.4) is 0 Å². The quantitative estimate of drug-likeness (QED) is 0.767. The Morgan fingerprint density at radius 1 is 1.39 bits per heavy atom. The molecule has 23 heavy (non-hydrogen) atoms. The Labute approximate surface area is 140 Å². The number of carbonyl (C=O) groups excluding carboxylic acids is 2. The predicted molar refractivity (Wildman–Crippen MR) is 88.0 cm³/mol. The summed E-state index contributed by atoms with van der Waals surface area (Å²) in [6.07, 6.45) is 0. The van der Waals surface area contributed by atoms with Crippen LogP contribution in [0.5, 0.6) is 5.75 Å². The van der Waals surface area contributed by atoms with Gasteiger partial charge in [-0.2, -0.15) is 0 Å². The van der Waals surface area contributed by atoms with Crippen LogP contribution in [0.4, 0.5) is 5.69 Å². The second kappa shape index (κ2) is 7.66. The number of benzene rings is 1. The number of hydrogen-bond donors (Lipinski definition) is 0. The zero-order valence-electron chi connectivity index (χ0n) is 13.5. The zero-order valence-corrected chi connectivity index (χ0v) is 14.3. The molecule has 126 valence electrons. The first kappa shape index (κ1) is 17.6. The molecule has 1 aliphatic heterocycles. The molecule has 0 unspecified atom stereocenters. The standard InChI is InChI=1S/C16H21ClN2O4/c1-4-23-15(20)10-18-7-8-19(16(21)11(18)2)13-9-12(17)5-6-14(13)22-3/h5-6,9,11H,4,7-8,10H2,1-3H3/t11-/m1/s1. The van der Waals surface area contributed by atoms with E-state index in [0.717, 1.165) is 0 Å². The Balaban J connectivity index is 2.15. The zero-order chi connectivity index (χ0) is 17.0. The van der Waals surface area contributed by atoms with Gasteiger partial charge in [0.2, 0.25) is 5.91 Å². The SMILES string of the molecule is CCOC(=O)CN1CCN(c2cc(Cl)ccc2OC)C(=O)[C@H]1C. The minimum Gasteiger partial charge on any atom is -0.495 e. The van der Waals surface area contributed by atoms with Crippen molar-refractivity contribution in [2.45, 2.75) is 19.9 Å². The van der Waals surface area contributed by atoms with E-state index in [1.165, 1.54) is 0 Å². The van der Waals surface area contributed by atoms with E-state index in [0.29, 0.717) is 36.2 Å². The highest BCUT2D eigenvalue weighted by molar-refractivity contribution is 6.31. The summed E-state index contributed by atoms with van der Waals surface area (Å²) < 4.78 is 10.3. The maximum absolute atomic E-state index is 12.7. The first-order valence-electron chi connectivity index (χ1n) is 7.52. The number of nitrogens with zero attached hydrogens (tertiary/aromatic N) is 2. The van der Waals surface area contributed by atoms with E-state index in [1.807, 2.05) is 4.90 Å². The van der Waals surface area contributed by atoms with E-state index >= 15 is 0 Å². The minimum absolute atomic E-state index is 0.0962. The summed E-state index contributed by atoms with van der Waals surface area (Å²) in [7, 11) is 1.55. The summed E-state index contributed by atoms with van der Waals surface area (Å²) in [5.41, 5.74) is 0.646. The molecule has 1 heterocycles. The molecule has 1 atom stereocenters. The lowest BCUT2D eigenvalue weighted by molar-refractivity contribution is -0.145. The molecule has 1 fully saturated rings. The summed E-state index contributed by atoms with van der Waals surface area (Å²) >= 11 is 6.04. The Morgan fingerprint density at radius 2 is 2.13 bits per heavy atom. The summed E-state index contributed by atoms with van der Waals surface area (Å²) in [5.74, 6) is 0.177. The maximum Gasteiger partial charge on any atom is 0.320 e. The average molecular weight is 341 g/mol. The lowest BCUT2D eigenvalue weighted by Gasteiger charge is -2.38. The van der Waals surface area contributed by atoms with Gasteiger partial charge in [-0.25, -0.2) is 0 Å². The molecular weight excluding hydrogens is 320 g/mol. The Kier molecular flexibility index (Phi) is 5.85. The van der Waals surface area contributed by atoms with Gasteiger partial charge in [0.05, 0.1) is 32.0 Å². The van der Waals surface area contributed by atoms with Gasteiger partial charge >= 0.3 is 5.97 Å². The summed E-state index contributed by atoms with van der Waals surface area (Å²) in [4.78, 5) is 27.8. The molecule has 0 aliphatic carbocycles. The molecule has 0 saturated carbocycles. The van der Waals surface area contributed by atoms with Crippen molar-refractivity contribution in [2.75, 3.05) is 38.3 Å². The lowest BCUT2D eigenvalue weighted by Crippen LogP contribution is -2.57. The van der Waals surface area contributed by atoms with E-state index in [9.17, 15) is 9.59 Å². The third-order valence-electron chi connectivity index (χ3n) is 3.85. The second-order valence-electron chi connectivity index (χ2n) is 5.26. The summed E-state index contributed by atoms with van der Waals surface area (Å²) in [5, 5.41) is 0.537. The number of hydrogen-bond acceptors (Lipinski definition) is 5. The fraction of sp³-hybridized carbons (Fsp3) is 0.500. The van der Waals surface area contributed by atoms with Crippen LogP contribution in [0.15, 0.2) is 18.2 Å². The highest BCUT2D eigenvalue weighted by Crippen LogP contribution is 2.33. The van der Waals surface area contributed by atoms with Crippen LogP contribution in [0.25, 0.3) is 0 Å². The van der Waals surface area contributed by atoms with Crippen molar-refractivity contribution in [3.05, 3.63) is 23.2 Å². The summed E-state index contributed by atoms with van der Waals surface area (Å²) in [6.45, 7) is 5.02. The number of methoxy groups -OCH3 is 1. The number of halogens is 1. The van der Waals surface area contributed by atoms with Crippen molar-refractivity contribution in [2.24, 2.45) is 0 Å². The fourth-order valence-electron chi connectivity index (χ4n) is 2.62. The highest BCUT2D eigenvalue weighted by Gasteiger charge is 2.34. The average Bonchev–Trinajstić information content (AvgIpc) is 2.52. The molecule has 7 heteroatoms. The smallest absolute Gasteiger partial charge is 0.320 e. The number of anilines is 1. The maximum atomic E-state index is 12.7. The third-order valence-corrected chi connectivity index (χ3v) is 4.09. The van der Waals surface area contributed by atoms with Gasteiger partial charge in [-0.1, -0.05) is 11.6 Å². The van der Waals surface area contributed by atoms with Gasteiger partial charge < -0.3 is 14.4 Å². The molecule has 1 amide bonds. The van der Waals surface area contributed by atoms with Crippen molar-refractivity contribution in [1.29, 1.82) is 0 Å². The van der Waals surface area contributed by atoms with Crippen LogP contribution in [0.1, 0.15) is 13.8 Å². The largest absolute Gasteiger partial charge is 0.495 e. The van der Waals surface area contributed by atoms with Crippen LogP contribution < -0.4 is 9.64 Å². The Morgan fingerprint density at radius 3 is 2.78 bits per heavy atom. The van der Waals surface area contributed by atoms with Crippen molar-refractivity contribution >= 4 is 29.2 Å². The van der Waals surface area contributed by atoms with Gasteiger partial charge in [-0.15, -0.1) is 0 Å². The number of piperazine rings is 1. The fourth-order valence-corrected chi connectivity index (χ4v) is 2.78. The molecule has 1 aromatic carbocycles. The normalized spacial score (nSPS) is 18.9. The van der Waals surface area contributed by atoms with Crippen molar-refractivity contribution in [3.63, 3.8) is 0 Å². The van der Waals surface area contributed by atoms with E-state index < -0.39 is 6.04 Å². The third kappa shape index (κ3) is 3.95. The molecule has 0 aromatic heterocycles. The molecule has 1 aliphatic rings. The first-order chi connectivity index (χ1) is 11.0. The molecule has 0 spiro atoms. The minimum atomic E-state index is -0.420. The number of esters is 1. The molecular formula is C16H21ClN2O4. The number of rotatable bonds is 5. The van der Waals surface area contributed by atoms with Gasteiger partial charge in [0.15, 0.2) is 0 Å². The lowest BCUT2D eigenvalue weighted by atomic mass is 10.1. The molecule has 0 radical (unpaired) electrons. The van der Waals surface area contributed by atoms with Crippen molar-refractivity contribution in [1.82, 2.24) is 4.90 Å². The molecule has 0 bridgehead atoms. The van der Waals surface area contributed by atoms with Gasteiger partial charge in [-0.3, -0.25) is 14.5 Å². The number of ether oxygens (including phenoxy) is 2. The second-order valence-corrected chi connectivity index (χ2v) is 5.69. The van der Waals surface area contributed by atoms with Crippen molar-refractivity contribution < 1.29 is 19.1 Å². The monoisotopic (exact) mass is 340 g/mol. The van der Waals surface area contributed by atoms with Crippen LogP contribution in [0, 0.1) is 0 Å². The summed E-state index contributed by atoms with van der Waals surface area (Å²) in [6, 6.07) is 4.75. The van der Waals surface area contributed by atoms with E-state index in [-0.39, 0.29) is 18.4 Å². The number of carbonyl (C=O) groups is 2. The van der Waals surface area contributed by atoms with Crippen LogP contribution in [-0.2, 0) is 14.3 Å². The van der Waals surface area contributed by atoms with E-state index in [2.05, 4.69) is 0 Å². The Hall–Kier alpha value is -1.79. The van der Waals surface area contributed by atoms with E-state index in [1.54, 1.807) is 44.1 Å². The topological polar surface area (TPSA) is 59.1 Å². The van der Waals surface area contributed by atoms with Crippen LogP contribution >= 0.6 is 11.6 Å². The number of amides is 1. The highest BCUT2D eigenvalue weighted by atomic mass is 35.5. The predicted octanol–water partition coefficient (Wildman–Crippen LogP) is 1.95. The van der Waals surface area contributed by atoms with Crippen LogP contribution in [0.2, 0.25) is 5.02 Å². The van der Waals surface area contributed by atoms with Gasteiger partial charge in [0, 0.05) is 18.1 Å². The van der Waals surface area contributed by atoms with Gasteiger partial charge in [-0.05, 0) is 32.0 Å². The Bertz CT molecular complexity index is 593. The molecule has 1 saturated heterocycles. The molecule has 0 N–H and O–H groups in total. The van der Waals surface area contributed by atoms with Crippen LogP contribution in [-0.4, -0.2) is 56.2 Å². The van der Waals surface area contributed by atoms with Crippen molar-refractivity contribution in [3.8, 4) is 5.75 Å². The van der Waals surface area contributed by atoms with Gasteiger partial charge in [0.25, 0.3) is 0 Å². The molecule has 2 rings (SSSR count). The molecule has 6 nitrogen and oxygen atoms in total.